The summed E-state index contributed by atoms with van der Waals surface area (Å²) in [7, 11) is 3.25. The molecule has 1 fully saturated rings. The average Bonchev–Trinajstić information content (AvgIpc) is 3.29. The van der Waals surface area contributed by atoms with Crippen molar-refractivity contribution in [2.75, 3.05) is 32.6 Å². The number of nitrogens with zero attached hydrogens (tertiary/aromatic N) is 1. The van der Waals surface area contributed by atoms with Crippen LogP contribution in [0.5, 0.6) is 11.5 Å². The van der Waals surface area contributed by atoms with Gasteiger partial charge in [-0.25, -0.2) is 0 Å². The Balaban J connectivity index is 1.45. The van der Waals surface area contributed by atoms with Crippen LogP contribution in [0.1, 0.15) is 24.0 Å². The Bertz CT molecular complexity index is 909. The van der Waals surface area contributed by atoms with Gasteiger partial charge in [-0.15, -0.1) is 0 Å². The van der Waals surface area contributed by atoms with Crippen LogP contribution >= 0.6 is 0 Å². The highest BCUT2D eigenvalue weighted by molar-refractivity contribution is 6.07. The largest absolute Gasteiger partial charge is 0.497 e. The topological polar surface area (TPSA) is 67.9 Å². The van der Waals surface area contributed by atoms with Crippen molar-refractivity contribution in [3.8, 4) is 11.5 Å². The van der Waals surface area contributed by atoms with E-state index < -0.39 is 5.41 Å². The van der Waals surface area contributed by atoms with Gasteiger partial charge >= 0.3 is 0 Å². The molecule has 0 aliphatic carbocycles. The van der Waals surface area contributed by atoms with Crippen LogP contribution in [0.3, 0.4) is 0 Å². The van der Waals surface area contributed by atoms with Gasteiger partial charge in [-0.3, -0.25) is 9.59 Å². The fourth-order valence-electron chi connectivity index (χ4n) is 4.15. The van der Waals surface area contributed by atoms with Gasteiger partial charge in [0.2, 0.25) is 11.8 Å². The fraction of sp³-hybridized carbons (Fsp3) is 0.364. The third-order valence-electron chi connectivity index (χ3n) is 5.83. The van der Waals surface area contributed by atoms with E-state index in [4.69, 9.17) is 9.47 Å². The maximum Gasteiger partial charge on any atom is 0.237 e. The number of amides is 2. The number of hydrogen-bond donors (Lipinski definition) is 1. The highest BCUT2D eigenvalue weighted by Gasteiger charge is 2.52. The normalized spacial score (nSPS) is 20.2. The number of rotatable bonds is 5. The zero-order valence-corrected chi connectivity index (χ0v) is 16.2. The van der Waals surface area contributed by atoms with Crippen LogP contribution < -0.4 is 14.8 Å². The highest BCUT2D eigenvalue weighted by atomic mass is 16.5. The molecule has 0 bridgehead atoms. The van der Waals surface area contributed by atoms with Gasteiger partial charge in [0.15, 0.2) is 0 Å². The van der Waals surface area contributed by atoms with Gasteiger partial charge in [-0.1, -0.05) is 12.1 Å². The van der Waals surface area contributed by atoms with Crippen molar-refractivity contribution in [1.29, 1.82) is 0 Å². The van der Waals surface area contributed by atoms with Gasteiger partial charge in [0.05, 0.1) is 19.6 Å². The lowest BCUT2D eigenvalue weighted by Gasteiger charge is -2.23. The standard InChI is InChI=1S/C22H24N2O4/c1-27-16-6-3-15(4-7-16)5-10-20(25)24-12-11-22(14-24)18-13-17(28-2)8-9-19(18)23-21(22)26/h3-4,6-9,13H,5,10-12,14H2,1-2H3,(H,23,26). The number of fused-ring (bicyclic) bond motifs is 2. The van der Waals surface area contributed by atoms with Crippen LogP contribution in [-0.2, 0) is 21.4 Å². The molecule has 1 atom stereocenters. The Morgan fingerprint density at radius 3 is 2.54 bits per heavy atom. The van der Waals surface area contributed by atoms with Crippen molar-refractivity contribution < 1.29 is 19.1 Å². The molecule has 2 heterocycles. The van der Waals surface area contributed by atoms with Crippen LogP contribution in [0.25, 0.3) is 0 Å². The Morgan fingerprint density at radius 1 is 1.11 bits per heavy atom. The zero-order chi connectivity index (χ0) is 19.7. The Hall–Kier alpha value is -3.02. The molecule has 6 heteroatoms. The summed E-state index contributed by atoms with van der Waals surface area (Å²) in [5.74, 6) is 1.58. The Kier molecular flexibility index (Phi) is 4.71. The number of hydrogen-bond acceptors (Lipinski definition) is 4. The number of aryl methyl sites for hydroxylation is 1. The second-order valence-corrected chi connectivity index (χ2v) is 7.36. The summed E-state index contributed by atoms with van der Waals surface area (Å²) < 4.78 is 10.5. The van der Waals surface area contributed by atoms with Gasteiger partial charge in [-0.2, -0.15) is 0 Å². The molecule has 2 aliphatic rings. The first-order valence-corrected chi connectivity index (χ1v) is 9.46. The van der Waals surface area contributed by atoms with Gasteiger partial charge in [0.1, 0.15) is 11.5 Å². The molecule has 0 saturated carbocycles. The van der Waals surface area contributed by atoms with Gasteiger partial charge in [-0.05, 0) is 54.3 Å². The van der Waals surface area contributed by atoms with Crippen molar-refractivity contribution >= 4 is 17.5 Å². The molecule has 1 unspecified atom stereocenters. The van der Waals surface area contributed by atoms with Crippen LogP contribution in [0.15, 0.2) is 42.5 Å². The number of methoxy groups -OCH3 is 2. The smallest absolute Gasteiger partial charge is 0.237 e. The molecule has 2 aromatic rings. The van der Waals surface area contributed by atoms with E-state index in [1.54, 1.807) is 14.2 Å². The lowest BCUT2D eigenvalue weighted by Crippen LogP contribution is -2.39. The molecule has 2 amide bonds. The molecule has 0 aromatic heterocycles. The number of likely N-dealkylation sites (tertiary alicyclic amines) is 1. The summed E-state index contributed by atoms with van der Waals surface area (Å²) in [6.45, 7) is 1.01. The molecule has 0 radical (unpaired) electrons. The van der Waals surface area contributed by atoms with Gasteiger partial charge < -0.3 is 19.7 Å². The maximum absolute atomic E-state index is 12.8. The molecule has 1 spiro atoms. The van der Waals surface area contributed by atoms with Crippen molar-refractivity contribution in [2.45, 2.75) is 24.7 Å². The molecule has 1 N–H and O–H groups in total. The molecule has 6 nitrogen and oxygen atoms in total. The quantitative estimate of drug-likeness (QED) is 0.866. The summed E-state index contributed by atoms with van der Waals surface area (Å²) >= 11 is 0. The van der Waals surface area contributed by atoms with E-state index in [2.05, 4.69) is 5.32 Å². The summed E-state index contributed by atoms with van der Waals surface area (Å²) in [6, 6.07) is 13.4. The molecule has 1 saturated heterocycles. The summed E-state index contributed by atoms with van der Waals surface area (Å²) in [5.41, 5.74) is 2.18. The molecule has 2 aliphatic heterocycles. The van der Waals surface area contributed by atoms with Gasteiger partial charge in [0, 0.05) is 25.2 Å². The van der Waals surface area contributed by atoms with E-state index >= 15 is 0 Å². The molecular weight excluding hydrogens is 356 g/mol. The summed E-state index contributed by atoms with van der Waals surface area (Å²) in [4.78, 5) is 27.3. The monoisotopic (exact) mass is 380 g/mol. The average molecular weight is 380 g/mol. The number of benzene rings is 2. The number of carbonyl (C=O) groups is 2. The van der Waals surface area contributed by atoms with Crippen molar-refractivity contribution in [2.24, 2.45) is 0 Å². The van der Waals surface area contributed by atoms with Crippen LogP contribution in [0, 0.1) is 0 Å². The number of nitrogens with one attached hydrogen (secondary N) is 1. The van der Waals surface area contributed by atoms with Crippen molar-refractivity contribution in [1.82, 2.24) is 4.90 Å². The molecule has 2 aromatic carbocycles. The molecule has 146 valence electrons. The first-order chi connectivity index (χ1) is 13.6. The molecule has 4 rings (SSSR count). The highest BCUT2D eigenvalue weighted by Crippen LogP contribution is 2.45. The van der Waals surface area contributed by atoms with E-state index in [1.807, 2.05) is 47.4 Å². The fourth-order valence-corrected chi connectivity index (χ4v) is 4.15. The number of carbonyl (C=O) groups excluding carboxylic acids is 2. The first kappa shape index (κ1) is 18.3. The third-order valence-corrected chi connectivity index (χ3v) is 5.83. The minimum Gasteiger partial charge on any atom is -0.497 e. The second-order valence-electron chi connectivity index (χ2n) is 7.36. The lowest BCUT2D eigenvalue weighted by atomic mass is 9.81. The predicted octanol–water partition coefficient (Wildman–Crippen LogP) is 2.76. The minimum atomic E-state index is -0.667. The van der Waals surface area contributed by atoms with Crippen LogP contribution in [0.2, 0.25) is 0 Å². The lowest BCUT2D eigenvalue weighted by molar-refractivity contribution is -0.130. The predicted molar refractivity (Wildman–Crippen MR) is 106 cm³/mol. The Labute approximate surface area is 164 Å². The first-order valence-electron chi connectivity index (χ1n) is 9.46. The maximum atomic E-state index is 12.8. The third kappa shape index (κ3) is 3.09. The van der Waals surface area contributed by atoms with Gasteiger partial charge in [0.25, 0.3) is 0 Å². The summed E-state index contributed by atoms with van der Waals surface area (Å²) in [5, 5.41) is 2.97. The van der Waals surface area contributed by atoms with E-state index in [0.717, 1.165) is 28.3 Å². The summed E-state index contributed by atoms with van der Waals surface area (Å²) in [6.07, 6.45) is 1.73. The van der Waals surface area contributed by atoms with Crippen molar-refractivity contribution in [3.63, 3.8) is 0 Å². The van der Waals surface area contributed by atoms with Crippen molar-refractivity contribution in [3.05, 3.63) is 53.6 Å². The van der Waals surface area contributed by atoms with E-state index in [9.17, 15) is 9.59 Å². The van der Waals surface area contributed by atoms with Crippen LogP contribution in [-0.4, -0.2) is 44.0 Å². The van der Waals surface area contributed by atoms with E-state index in [0.29, 0.717) is 32.4 Å². The van der Waals surface area contributed by atoms with Crippen LogP contribution in [0.4, 0.5) is 5.69 Å². The van der Waals surface area contributed by atoms with E-state index in [-0.39, 0.29) is 11.8 Å². The molecular formula is C22H24N2O4. The second kappa shape index (κ2) is 7.19. The number of anilines is 1. The van der Waals surface area contributed by atoms with E-state index in [1.165, 1.54) is 0 Å². The minimum absolute atomic E-state index is 0.0267. The SMILES string of the molecule is COc1ccc(CCC(=O)N2CCC3(C2)C(=O)Nc2ccc(OC)cc23)cc1. The Morgan fingerprint density at radius 2 is 1.82 bits per heavy atom. The molecule has 28 heavy (non-hydrogen) atoms. The zero-order valence-electron chi connectivity index (χ0n) is 16.2. The number of ether oxygens (including phenoxy) is 2.